The molecule has 2 saturated carbocycles. The Kier molecular flexibility index (Phi) is 3.96. The lowest BCUT2D eigenvalue weighted by Gasteiger charge is -2.38. The molecule has 0 saturated heterocycles. The summed E-state index contributed by atoms with van der Waals surface area (Å²) in [4.78, 5) is 0. The van der Waals surface area contributed by atoms with Crippen molar-refractivity contribution in [1.82, 2.24) is 0 Å². The van der Waals surface area contributed by atoms with Gasteiger partial charge in [0, 0.05) is 18.7 Å². The van der Waals surface area contributed by atoms with Crippen LogP contribution in [0.3, 0.4) is 0 Å². The lowest BCUT2D eigenvalue weighted by atomic mass is 9.70. The van der Waals surface area contributed by atoms with E-state index in [1.807, 2.05) is 6.21 Å². The third-order valence-electron chi connectivity index (χ3n) is 5.65. The quantitative estimate of drug-likeness (QED) is 0.744. The number of nitrogens with zero attached hydrogens (tertiary/aromatic N) is 1. The molecule has 2 bridgehead atoms. The summed E-state index contributed by atoms with van der Waals surface area (Å²) in [7, 11) is 0.580. The number of hydrogen-bond acceptors (Lipinski definition) is 2. The molecule has 0 spiro atoms. The molecule has 4 heteroatoms. The molecule has 0 amide bonds. The Balaban J connectivity index is 2.30. The molecule has 3 nitrogen and oxygen atoms in total. The number of rotatable bonds is 4. The van der Waals surface area contributed by atoms with E-state index in [-0.39, 0.29) is 22.2 Å². The lowest BCUT2D eigenvalue weighted by Crippen LogP contribution is -2.42. The summed E-state index contributed by atoms with van der Waals surface area (Å²) in [5.41, 5.74) is 0.307. The molecule has 0 aromatic heterocycles. The van der Waals surface area contributed by atoms with E-state index in [2.05, 4.69) is 39.0 Å². The fourth-order valence-corrected chi connectivity index (χ4v) is 6.00. The summed E-state index contributed by atoms with van der Waals surface area (Å²) in [5, 5.41) is 0.0498. The van der Waals surface area contributed by atoms with E-state index >= 15 is 0 Å². The molecular formula is C15H27NO2S. The smallest absolute Gasteiger partial charge is 0.145 e. The number of fused-ring (bicyclic) bond motifs is 2. The van der Waals surface area contributed by atoms with Crippen LogP contribution < -0.4 is 0 Å². The fraction of sp³-hybridized carbons (Fsp3) is 0.933. The van der Waals surface area contributed by atoms with Crippen molar-refractivity contribution in [2.45, 2.75) is 58.8 Å². The molecular weight excluding hydrogens is 258 g/mol. The van der Waals surface area contributed by atoms with Crippen LogP contribution in [0.15, 0.2) is 4.40 Å². The Morgan fingerprint density at radius 2 is 2.00 bits per heavy atom. The van der Waals surface area contributed by atoms with Gasteiger partial charge >= 0.3 is 0 Å². The molecule has 2 fully saturated rings. The Morgan fingerprint density at radius 1 is 1.37 bits per heavy atom. The molecule has 5 atom stereocenters. The predicted octanol–water partition coefficient (Wildman–Crippen LogP) is 3.22. The molecule has 0 aromatic rings. The van der Waals surface area contributed by atoms with E-state index in [0.29, 0.717) is 11.8 Å². The second-order valence-corrected chi connectivity index (χ2v) is 8.49. The minimum atomic E-state index is -1.17. The fourth-order valence-electron chi connectivity index (χ4n) is 4.11. The Labute approximate surface area is 119 Å². The second kappa shape index (κ2) is 4.96. The molecule has 0 aromatic carbocycles. The summed E-state index contributed by atoms with van der Waals surface area (Å²) in [5.74, 6) is 0.791. The molecule has 0 N–H and O–H groups in total. The van der Waals surface area contributed by atoms with Crippen LogP contribution in [-0.4, -0.2) is 28.9 Å². The zero-order chi connectivity index (χ0) is 14.4. The van der Waals surface area contributed by atoms with E-state index in [0.717, 1.165) is 6.42 Å². The number of ether oxygens (including phenoxy) is 1. The minimum absolute atomic E-state index is 0.0498. The van der Waals surface area contributed by atoms with Crippen molar-refractivity contribution in [2.75, 3.05) is 7.11 Å². The summed E-state index contributed by atoms with van der Waals surface area (Å²) < 4.78 is 22.6. The summed E-state index contributed by atoms with van der Waals surface area (Å²) in [6.07, 6.45) is 4.19. The van der Waals surface area contributed by atoms with Gasteiger partial charge < -0.3 is 4.74 Å². The van der Waals surface area contributed by atoms with Crippen LogP contribution in [0.1, 0.15) is 47.5 Å². The van der Waals surface area contributed by atoms with Crippen molar-refractivity contribution in [1.29, 1.82) is 0 Å². The number of hydrogen-bond donors (Lipinski definition) is 0. The summed E-state index contributed by atoms with van der Waals surface area (Å²) in [6, 6.07) is 0. The van der Waals surface area contributed by atoms with Gasteiger partial charge in [0.1, 0.15) is 11.0 Å². The first-order chi connectivity index (χ1) is 8.75. The van der Waals surface area contributed by atoms with Gasteiger partial charge in [-0.25, -0.2) is 4.21 Å². The van der Waals surface area contributed by atoms with Crippen LogP contribution in [-0.2, 0) is 15.7 Å². The standard InChI is InChI=1S/C15H27NO2S/c1-10(2)9-16-19(17)12-11-7-8-15(5,13(12)18-6)14(11,3)4/h9-13H,7-8H2,1-6H3/b16-9+/t11-,12-,13-,15+,19?/m1/s1. The molecule has 0 heterocycles. The van der Waals surface area contributed by atoms with Crippen molar-refractivity contribution in [3.8, 4) is 0 Å². The lowest BCUT2D eigenvalue weighted by molar-refractivity contribution is -0.0181. The SMILES string of the molecule is CO[C@@H]1[C@H](S(=O)/N=C/C(C)C)[C@H]2CC[C@]1(C)C2(C)C. The van der Waals surface area contributed by atoms with Gasteiger partial charge in [0.25, 0.3) is 0 Å². The second-order valence-electron chi connectivity index (χ2n) is 7.18. The van der Waals surface area contributed by atoms with Crippen LogP contribution in [0.25, 0.3) is 0 Å². The predicted molar refractivity (Wildman–Crippen MR) is 80.7 cm³/mol. The normalized spacial score (nSPS) is 42.4. The Hall–Kier alpha value is -0.220. The summed E-state index contributed by atoms with van der Waals surface area (Å²) in [6.45, 7) is 11.0. The first-order valence-electron chi connectivity index (χ1n) is 7.23. The largest absolute Gasteiger partial charge is 0.380 e. The maximum Gasteiger partial charge on any atom is 0.145 e. The van der Waals surface area contributed by atoms with Gasteiger partial charge in [-0.3, -0.25) is 0 Å². The monoisotopic (exact) mass is 285 g/mol. The first kappa shape index (κ1) is 15.2. The molecule has 2 rings (SSSR count). The van der Waals surface area contributed by atoms with Gasteiger partial charge in [0.15, 0.2) is 0 Å². The highest BCUT2D eigenvalue weighted by Gasteiger charge is 2.68. The highest BCUT2D eigenvalue weighted by atomic mass is 32.2. The van der Waals surface area contributed by atoms with Crippen molar-refractivity contribution >= 4 is 17.2 Å². The van der Waals surface area contributed by atoms with Crippen LogP contribution in [0.5, 0.6) is 0 Å². The van der Waals surface area contributed by atoms with Gasteiger partial charge in [0.2, 0.25) is 0 Å². The van der Waals surface area contributed by atoms with Crippen molar-refractivity contribution in [3.05, 3.63) is 0 Å². The molecule has 0 radical (unpaired) electrons. The Bertz CT molecular complexity index is 405. The molecule has 1 unspecified atom stereocenters. The number of methoxy groups -OCH3 is 1. The van der Waals surface area contributed by atoms with Crippen LogP contribution in [0.2, 0.25) is 0 Å². The molecule has 0 aliphatic heterocycles. The van der Waals surface area contributed by atoms with Gasteiger partial charge in [-0.1, -0.05) is 34.6 Å². The van der Waals surface area contributed by atoms with E-state index in [9.17, 15) is 4.21 Å². The maximum atomic E-state index is 12.6. The maximum absolute atomic E-state index is 12.6. The molecule has 110 valence electrons. The van der Waals surface area contributed by atoms with E-state index in [4.69, 9.17) is 4.74 Å². The van der Waals surface area contributed by atoms with Crippen molar-refractivity contribution in [3.63, 3.8) is 0 Å². The first-order valence-corrected chi connectivity index (χ1v) is 8.40. The van der Waals surface area contributed by atoms with E-state index in [1.165, 1.54) is 6.42 Å². The molecule has 2 aliphatic carbocycles. The average Bonchev–Trinajstić information content (AvgIpc) is 2.65. The van der Waals surface area contributed by atoms with E-state index in [1.54, 1.807) is 7.11 Å². The minimum Gasteiger partial charge on any atom is -0.380 e. The highest BCUT2D eigenvalue weighted by molar-refractivity contribution is 7.84. The topological polar surface area (TPSA) is 38.7 Å². The zero-order valence-electron chi connectivity index (χ0n) is 13.0. The molecule has 19 heavy (non-hydrogen) atoms. The molecule has 2 aliphatic rings. The Morgan fingerprint density at radius 3 is 2.53 bits per heavy atom. The van der Waals surface area contributed by atoms with Crippen LogP contribution in [0, 0.1) is 22.7 Å². The van der Waals surface area contributed by atoms with Crippen LogP contribution in [0.4, 0.5) is 0 Å². The van der Waals surface area contributed by atoms with Crippen molar-refractivity contribution in [2.24, 2.45) is 27.1 Å². The average molecular weight is 285 g/mol. The van der Waals surface area contributed by atoms with Gasteiger partial charge in [-0.05, 0) is 30.1 Å². The summed E-state index contributed by atoms with van der Waals surface area (Å²) >= 11 is 0. The highest BCUT2D eigenvalue weighted by Crippen LogP contribution is 2.67. The van der Waals surface area contributed by atoms with Crippen molar-refractivity contribution < 1.29 is 8.95 Å². The van der Waals surface area contributed by atoms with Gasteiger partial charge in [-0.15, -0.1) is 0 Å². The van der Waals surface area contributed by atoms with Gasteiger partial charge in [-0.2, -0.15) is 4.40 Å². The third kappa shape index (κ3) is 2.11. The third-order valence-corrected chi connectivity index (χ3v) is 7.02. The van der Waals surface area contributed by atoms with Crippen LogP contribution >= 0.6 is 0 Å². The van der Waals surface area contributed by atoms with Gasteiger partial charge in [0.05, 0.1) is 11.4 Å². The zero-order valence-corrected chi connectivity index (χ0v) is 13.8. The van der Waals surface area contributed by atoms with E-state index < -0.39 is 11.0 Å².